The standard InChI is InChI=1S/C16H20N4O4/c1-18-9-12(7-17-18)13-5-15(20(22)23)16(24-2)6-14(13)19-4-3-11(8-19)10-21/h5-7,9,11,21H,3-4,8,10H2,1-2H3/t11-/m0/s1. The molecule has 0 aliphatic carbocycles. The molecule has 1 fully saturated rings. The monoisotopic (exact) mass is 332 g/mol. The predicted molar refractivity (Wildman–Crippen MR) is 89.3 cm³/mol. The molecular weight excluding hydrogens is 312 g/mol. The van der Waals surface area contributed by atoms with Crippen molar-refractivity contribution in [3.8, 4) is 16.9 Å². The summed E-state index contributed by atoms with van der Waals surface area (Å²) in [6.45, 7) is 1.65. The third-order valence-corrected chi connectivity index (χ3v) is 4.39. The zero-order chi connectivity index (χ0) is 17.3. The van der Waals surface area contributed by atoms with Gasteiger partial charge in [-0.15, -0.1) is 0 Å². The number of nitro benzene ring substituents is 1. The number of nitrogens with zero attached hydrogens (tertiary/aromatic N) is 4. The number of hydrogen-bond acceptors (Lipinski definition) is 6. The molecule has 0 amide bonds. The van der Waals surface area contributed by atoms with Crippen molar-refractivity contribution in [3.05, 3.63) is 34.6 Å². The molecule has 1 N–H and O–H groups in total. The van der Waals surface area contributed by atoms with Gasteiger partial charge >= 0.3 is 5.69 Å². The molecule has 0 radical (unpaired) electrons. The van der Waals surface area contributed by atoms with Crippen LogP contribution in [0.3, 0.4) is 0 Å². The van der Waals surface area contributed by atoms with E-state index in [1.807, 2.05) is 6.20 Å². The van der Waals surface area contributed by atoms with Gasteiger partial charge in [-0.25, -0.2) is 0 Å². The molecule has 0 saturated carbocycles. The Hall–Kier alpha value is -2.61. The van der Waals surface area contributed by atoms with Crippen molar-refractivity contribution >= 4 is 11.4 Å². The Morgan fingerprint density at radius 2 is 2.29 bits per heavy atom. The molecule has 2 heterocycles. The fourth-order valence-corrected chi connectivity index (χ4v) is 3.12. The van der Waals surface area contributed by atoms with E-state index in [1.165, 1.54) is 13.2 Å². The molecular formula is C16H20N4O4. The number of aliphatic hydroxyl groups excluding tert-OH is 1. The van der Waals surface area contributed by atoms with E-state index in [-0.39, 0.29) is 24.0 Å². The molecule has 1 aliphatic heterocycles. The molecule has 8 nitrogen and oxygen atoms in total. The van der Waals surface area contributed by atoms with Crippen LogP contribution in [0.1, 0.15) is 6.42 Å². The number of benzene rings is 1. The van der Waals surface area contributed by atoms with Crippen LogP contribution in [0.25, 0.3) is 11.1 Å². The van der Waals surface area contributed by atoms with Gasteiger partial charge < -0.3 is 14.7 Å². The van der Waals surface area contributed by atoms with Crippen LogP contribution in [0, 0.1) is 16.0 Å². The Labute approximate surface area is 139 Å². The van der Waals surface area contributed by atoms with Crippen molar-refractivity contribution in [1.29, 1.82) is 0 Å². The summed E-state index contributed by atoms with van der Waals surface area (Å²) in [6, 6.07) is 3.25. The minimum atomic E-state index is -0.441. The number of nitro groups is 1. The highest BCUT2D eigenvalue weighted by Gasteiger charge is 2.28. The van der Waals surface area contributed by atoms with Gasteiger partial charge in [-0.2, -0.15) is 5.10 Å². The number of methoxy groups -OCH3 is 1. The summed E-state index contributed by atoms with van der Waals surface area (Å²) in [4.78, 5) is 13.1. The summed E-state index contributed by atoms with van der Waals surface area (Å²) in [5, 5.41) is 24.9. The summed E-state index contributed by atoms with van der Waals surface area (Å²) in [6.07, 6.45) is 4.41. The molecule has 0 spiro atoms. The highest BCUT2D eigenvalue weighted by molar-refractivity contribution is 5.82. The zero-order valence-electron chi connectivity index (χ0n) is 13.7. The molecule has 128 valence electrons. The van der Waals surface area contributed by atoms with Gasteiger partial charge in [0.1, 0.15) is 0 Å². The quantitative estimate of drug-likeness (QED) is 0.663. The van der Waals surface area contributed by atoms with Crippen molar-refractivity contribution in [2.24, 2.45) is 13.0 Å². The summed E-state index contributed by atoms with van der Waals surface area (Å²) in [7, 11) is 3.23. The molecule has 8 heteroatoms. The Balaban J connectivity index is 2.13. The fourth-order valence-electron chi connectivity index (χ4n) is 3.12. The number of anilines is 1. The van der Waals surface area contributed by atoms with Gasteiger partial charge in [-0.1, -0.05) is 0 Å². The SMILES string of the molecule is COc1cc(N2CC[C@H](CO)C2)c(-c2cnn(C)c2)cc1[N+](=O)[O-]. The first-order chi connectivity index (χ1) is 11.5. The second kappa shape index (κ2) is 6.48. The molecule has 1 atom stereocenters. The van der Waals surface area contributed by atoms with Crippen LogP contribution < -0.4 is 9.64 Å². The zero-order valence-corrected chi connectivity index (χ0v) is 13.7. The second-order valence-electron chi connectivity index (χ2n) is 5.98. The maximum absolute atomic E-state index is 11.4. The Morgan fingerprint density at radius 3 is 2.83 bits per heavy atom. The van der Waals surface area contributed by atoms with E-state index >= 15 is 0 Å². The second-order valence-corrected chi connectivity index (χ2v) is 5.98. The predicted octanol–water partition coefficient (Wildman–Crippen LogP) is 1.82. The van der Waals surface area contributed by atoms with Crippen LogP contribution in [-0.4, -0.2) is 46.6 Å². The third kappa shape index (κ3) is 2.92. The number of rotatable bonds is 5. The van der Waals surface area contributed by atoms with E-state index in [0.717, 1.165) is 29.8 Å². The molecule has 24 heavy (non-hydrogen) atoms. The first-order valence-electron chi connectivity index (χ1n) is 7.74. The first kappa shape index (κ1) is 16.3. The minimum Gasteiger partial charge on any atom is -0.490 e. The van der Waals surface area contributed by atoms with E-state index in [0.29, 0.717) is 6.54 Å². The van der Waals surface area contributed by atoms with Gasteiger partial charge in [-0.05, 0) is 6.42 Å². The van der Waals surface area contributed by atoms with Crippen molar-refractivity contribution in [2.45, 2.75) is 6.42 Å². The molecule has 0 bridgehead atoms. The van der Waals surface area contributed by atoms with Gasteiger partial charge in [0.25, 0.3) is 0 Å². The molecule has 3 rings (SSSR count). The molecule has 1 aliphatic rings. The topological polar surface area (TPSA) is 93.7 Å². The number of aliphatic hydroxyl groups is 1. The Bertz CT molecular complexity index is 759. The van der Waals surface area contributed by atoms with Gasteiger partial charge in [0.05, 0.1) is 18.2 Å². The highest BCUT2D eigenvalue weighted by atomic mass is 16.6. The number of aryl methyl sites for hydroxylation is 1. The summed E-state index contributed by atoms with van der Waals surface area (Å²) in [5.74, 6) is 0.447. The van der Waals surface area contributed by atoms with Crippen LogP contribution in [0.15, 0.2) is 24.5 Å². The minimum absolute atomic E-state index is 0.0713. The van der Waals surface area contributed by atoms with Crippen molar-refractivity contribution < 1.29 is 14.8 Å². The summed E-state index contributed by atoms with van der Waals surface area (Å²) < 4.78 is 6.88. The largest absolute Gasteiger partial charge is 0.490 e. The Morgan fingerprint density at radius 1 is 1.50 bits per heavy atom. The lowest BCUT2D eigenvalue weighted by molar-refractivity contribution is -0.385. The van der Waals surface area contributed by atoms with E-state index in [2.05, 4.69) is 10.00 Å². The van der Waals surface area contributed by atoms with E-state index in [4.69, 9.17) is 4.74 Å². The van der Waals surface area contributed by atoms with Gasteiger partial charge in [0.2, 0.25) is 0 Å². The number of aromatic nitrogens is 2. The number of hydrogen-bond donors (Lipinski definition) is 1. The lowest BCUT2D eigenvalue weighted by atomic mass is 10.0. The van der Waals surface area contributed by atoms with E-state index in [1.54, 1.807) is 24.0 Å². The van der Waals surface area contributed by atoms with Crippen LogP contribution in [0.2, 0.25) is 0 Å². The van der Waals surface area contributed by atoms with E-state index < -0.39 is 4.92 Å². The average molecular weight is 332 g/mol. The highest BCUT2D eigenvalue weighted by Crippen LogP contribution is 2.41. The lowest BCUT2D eigenvalue weighted by Crippen LogP contribution is -2.21. The summed E-state index contributed by atoms with van der Waals surface area (Å²) >= 11 is 0. The van der Waals surface area contributed by atoms with Crippen LogP contribution in [0.4, 0.5) is 11.4 Å². The van der Waals surface area contributed by atoms with Crippen molar-refractivity contribution in [3.63, 3.8) is 0 Å². The van der Waals surface area contributed by atoms with Crippen molar-refractivity contribution in [1.82, 2.24) is 9.78 Å². The van der Waals surface area contributed by atoms with E-state index in [9.17, 15) is 15.2 Å². The van der Waals surface area contributed by atoms with Gasteiger partial charge in [0.15, 0.2) is 5.75 Å². The van der Waals surface area contributed by atoms with Crippen molar-refractivity contribution in [2.75, 3.05) is 31.7 Å². The molecule has 2 aromatic rings. The Kier molecular flexibility index (Phi) is 4.39. The van der Waals surface area contributed by atoms with Gasteiger partial charge in [-0.3, -0.25) is 14.8 Å². The molecule has 1 aromatic carbocycles. The first-order valence-corrected chi connectivity index (χ1v) is 7.74. The maximum Gasteiger partial charge on any atom is 0.311 e. The number of ether oxygens (including phenoxy) is 1. The van der Waals surface area contributed by atoms with Crippen LogP contribution in [0.5, 0.6) is 5.75 Å². The third-order valence-electron chi connectivity index (χ3n) is 4.39. The molecule has 0 unspecified atom stereocenters. The molecule has 1 saturated heterocycles. The van der Waals surface area contributed by atoms with Gasteiger partial charge in [0, 0.05) is 67.8 Å². The normalized spacial score (nSPS) is 17.3. The van der Waals surface area contributed by atoms with Crippen LogP contribution >= 0.6 is 0 Å². The summed E-state index contributed by atoms with van der Waals surface area (Å²) in [5.41, 5.74) is 2.35. The average Bonchev–Trinajstić information content (AvgIpc) is 3.22. The molecule has 1 aromatic heterocycles. The smallest absolute Gasteiger partial charge is 0.311 e. The van der Waals surface area contributed by atoms with Crippen LogP contribution in [-0.2, 0) is 7.05 Å². The lowest BCUT2D eigenvalue weighted by Gasteiger charge is -2.22. The maximum atomic E-state index is 11.4. The fraction of sp³-hybridized carbons (Fsp3) is 0.438.